The molecule has 9 heteroatoms. The second kappa shape index (κ2) is 9.13. The van der Waals surface area contributed by atoms with Crippen LogP contribution in [0.2, 0.25) is 10.0 Å². The average molecular weight is 555 g/mol. The number of hydrogen-bond donors (Lipinski definition) is 1. The first kappa shape index (κ1) is 23.2. The zero-order chi connectivity index (χ0) is 25.8. The third-order valence-electron chi connectivity index (χ3n) is 6.63. The number of aliphatic imine (C=N–C) groups is 2. The van der Waals surface area contributed by atoms with Crippen molar-refractivity contribution in [3.05, 3.63) is 116 Å². The van der Waals surface area contributed by atoms with E-state index in [0.717, 1.165) is 39.8 Å². The molecule has 1 atom stereocenters. The third kappa shape index (κ3) is 3.74. The SMILES string of the molecule is Cc1nn(-c2ccccc2)c2c1C(c1cccs1)N1C(=N2)C(Nc2ccc(Cl)c(Cl)c2)=Nc2ccccc21. The Balaban J connectivity index is 1.48. The van der Waals surface area contributed by atoms with Gasteiger partial charge >= 0.3 is 0 Å². The zero-order valence-corrected chi connectivity index (χ0v) is 22.5. The number of fused-ring (bicyclic) bond motifs is 4. The van der Waals surface area contributed by atoms with Crippen LogP contribution in [-0.2, 0) is 0 Å². The monoisotopic (exact) mass is 554 g/mol. The first-order chi connectivity index (χ1) is 18.6. The van der Waals surface area contributed by atoms with Crippen molar-refractivity contribution in [2.75, 3.05) is 10.2 Å². The first-order valence-corrected chi connectivity index (χ1v) is 13.7. The van der Waals surface area contributed by atoms with E-state index < -0.39 is 0 Å². The number of benzene rings is 3. The summed E-state index contributed by atoms with van der Waals surface area (Å²) < 4.78 is 1.92. The minimum absolute atomic E-state index is 0.128. The highest BCUT2D eigenvalue weighted by Gasteiger charge is 2.41. The molecule has 5 aromatic rings. The Bertz CT molecular complexity index is 1740. The van der Waals surface area contributed by atoms with Gasteiger partial charge in [-0.1, -0.05) is 59.6 Å². The number of hydrogen-bond acceptors (Lipinski definition) is 6. The summed E-state index contributed by atoms with van der Waals surface area (Å²) in [6.07, 6.45) is 0. The fourth-order valence-electron chi connectivity index (χ4n) is 4.97. The minimum Gasteiger partial charge on any atom is -0.337 e. The lowest BCUT2D eigenvalue weighted by atomic mass is 9.98. The van der Waals surface area contributed by atoms with E-state index in [-0.39, 0.29) is 6.04 Å². The van der Waals surface area contributed by atoms with Crippen LogP contribution in [0.15, 0.2) is 100 Å². The maximum Gasteiger partial charge on any atom is 0.179 e. The maximum absolute atomic E-state index is 6.34. The van der Waals surface area contributed by atoms with E-state index in [2.05, 4.69) is 40.7 Å². The van der Waals surface area contributed by atoms with Crippen LogP contribution in [0.5, 0.6) is 0 Å². The molecule has 1 unspecified atom stereocenters. The fraction of sp³-hybridized carbons (Fsp3) is 0.0690. The highest BCUT2D eigenvalue weighted by Crippen LogP contribution is 2.49. The largest absolute Gasteiger partial charge is 0.337 e. The van der Waals surface area contributed by atoms with Gasteiger partial charge in [0.2, 0.25) is 0 Å². The van der Waals surface area contributed by atoms with Crippen molar-refractivity contribution < 1.29 is 0 Å². The molecular weight excluding hydrogens is 535 g/mol. The van der Waals surface area contributed by atoms with Crippen LogP contribution in [0.3, 0.4) is 0 Å². The standard InChI is InChI=1S/C29H20Cl2N6S/c1-17-25-26(24-12-7-15-38-24)36-23-11-6-5-10-22(23)33-27(32-18-13-14-20(30)21(31)16-18)29(36)34-28(25)37(35-17)19-8-3-2-4-9-19/h2-16,26H,1H3,(H,32,33). The molecule has 0 saturated carbocycles. The van der Waals surface area contributed by atoms with E-state index in [1.165, 1.54) is 4.88 Å². The first-order valence-electron chi connectivity index (χ1n) is 12.0. The molecule has 38 heavy (non-hydrogen) atoms. The number of para-hydroxylation sites is 3. The highest BCUT2D eigenvalue weighted by molar-refractivity contribution is 7.10. The molecule has 1 N–H and O–H groups in total. The van der Waals surface area contributed by atoms with E-state index in [4.69, 9.17) is 38.3 Å². The number of amidine groups is 2. The molecule has 2 aromatic heterocycles. The van der Waals surface area contributed by atoms with Crippen LogP contribution in [0.1, 0.15) is 22.2 Å². The van der Waals surface area contributed by atoms with Crippen LogP contribution in [0, 0.1) is 6.92 Å². The molecule has 0 spiro atoms. The van der Waals surface area contributed by atoms with Crippen LogP contribution >= 0.6 is 34.5 Å². The van der Waals surface area contributed by atoms with E-state index >= 15 is 0 Å². The predicted molar refractivity (Wildman–Crippen MR) is 158 cm³/mol. The van der Waals surface area contributed by atoms with Crippen LogP contribution in [-0.4, -0.2) is 21.5 Å². The molecule has 186 valence electrons. The summed E-state index contributed by atoms with van der Waals surface area (Å²) in [5, 5.41) is 11.5. The highest BCUT2D eigenvalue weighted by atomic mass is 35.5. The summed E-state index contributed by atoms with van der Waals surface area (Å²) in [6.45, 7) is 2.05. The number of thiophene rings is 1. The van der Waals surface area contributed by atoms with Gasteiger partial charge in [-0.05, 0) is 60.8 Å². The predicted octanol–water partition coefficient (Wildman–Crippen LogP) is 8.34. The molecule has 7 rings (SSSR count). The summed E-state index contributed by atoms with van der Waals surface area (Å²) >= 11 is 14.2. The van der Waals surface area contributed by atoms with Gasteiger partial charge in [0.15, 0.2) is 17.5 Å². The van der Waals surface area contributed by atoms with Crippen molar-refractivity contribution in [3.63, 3.8) is 0 Å². The van der Waals surface area contributed by atoms with Crippen LogP contribution in [0.4, 0.5) is 22.9 Å². The summed E-state index contributed by atoms with van der Waals surface area (Å²) in [4.78, 5) is 13.7. The van der Waals surface area contributed by atoms with E-state index in [1.54, 1.807) is 23.5 Å². The lowest BCUT2D eigenvalue weighted by Crippen LogP contribution is -2.46. The number of aromatic nitrogens is 2. The van der Waals surface area contributed by atoms with Gasteiger partial charge in [0, 0.05) is 16.1 Å². The molecule has 4 heterocycles. The lowest BCUT2D eigenvalue weighted by Gasteiger charge is -2.40. The summed E-state index contributed by atoms with van der Waals surface area (Å²) in [5.74, 6) is 2.12. The molecular formula is C29H20Cl2N6S. The molecule has 2 aliphatic heterocycles. The molecule has 0 saturated heterocycles. The van der Waals surface area contributed by atoms with Crippen molar-refractivity contribution in [3.8, 4) is 5.69 Å². The van der Waals surface area contributed by atoms with E-state index in [9.17, 15) is 0 Å². The molecule has 2 aliphatic rings. The van der Waals surface area contributed by atoms with Gasteiger partial charge in [0.05, 0.1) is 32.8 Å². The normalized spacial score (nSPS) is 15.8. The summed E-state index contributed by atoms with van der Waals surface area (Å²) in [7, 11) is 0. The van der Waals surface area contributed by atoms with Gasteiger partial charge in [-0.15, -0.1) is 11.3 Å². The number of nitrogens with zero attached hydrogens (tertiary/aromatic N) is 5. The molecule has 3 aromatic carbocycles. The molecule has 0 amide bonds. The average Bonchev–Trinajstić information content (AvgIpc) is 3.59. The van der Waals surface area contributed by atoms with Gasteiger partial charge in [-0.2, -0.15) is 5.10 Å². The fourth-order valence-corrected chi connectivity index (χ4v) is 6.10. The summed E-state index contributed by atoms with van der Waals surface area (Å²) in [6, 6.07) is 27.8. The molecule has 6 nitrogen and oxygen atoms in total. The lowest BCUT2D eigenvalue weighted by molar-refractivity contribution is 0.830. The number of halogens is 2. The number of rotatable bonds is 3. The molecule has 0 aliphatic carbocycles. The molecule has 0 bridgehead atoms. The topological polar surface area (TPSA) is 57.8 Å². The zero-order valence-electron chi connectivity index (χ0n) is 20.1. The van der Waals surface area contributed by atoms with Crippen LogP contribution in [0.25, 0.3) is 5.69 Å². The molecule has 0 fully saturated rings. The van der Waals surface area contributed by atoms with Gasteiger partial charge in [-0.3, -0.25) is 0 Å². The van der Waals surface area contributed by atoms with Crippen molar-refractivity contribution >= 4 is 69.1 Å². The number of nitrogens with one attached hydrogen (secondary N) is 1. The second-order valence-electron chi connectivity index (χ2n) is 9.00. The Labute approximate surface area is 233 Å². The Morgan fingerprint density at radius 2 is 1.68 bits per heavy atom. The smallest absolute Gasteiger partial charge is 0.179 e. The quantitative estimate of drug-likeness (QED) is 0.244. The van der Waals surface area contributed by atoms with Crippen molar-refractivity contribution in [2.45, 2.75) is 13.0 Å². The third-order valence-corrected chi connectivity index (χ3v) is 8.30. The van der Waals surface area contributed by atoms with Crippen molar-refractivity contribution in [1.29, 1.82) is 0 Å². The van der Waals surface area contributed by atoms with Gasteiger partial charge in [0.1, 0.15) is 6.04 Å². The Kier molecular flexibility index (Phi) is 5.58. The van der Waals surface area contributed by atoms with Gasteiger partial charge in [0.25, 0.3) is 0 Å². The van der Waals surface area contributed by atoms with Gasteiger partial charge in [-0.25, -0.2) is 14.7 Å². The maximum atomic E-state index is 6.34. The number of anilines is 2. The van der Waals surface area contributed by atoms with Gasteiger partial charge < -0.3 is 10.2 Å². The Hall–Kier alpha value is -3.91. The second-order valence-corrected chi connectivity index (χ2v) is 10.8. The Morgan fingerprint density at radius 1 is 0.868 bits per heavy atom. The van der Waals surface area contributed by atoms with E-state index in [0.29, 0.717) is 21.7 Å². The molecule has 0 radical (unpaired) electrons. The van der Waals surface area contributed by atoms with Crippen molar-refractivity contribution in [2.24, 2.45) is 9.98 Å². The minimum atomic E-state index is -0.128. The Morgan fingerprint density at radius 3 is 2.47 bits per heavy atom. The summed E-state index contributed by atoms with van der Waals surface area (Å²) in [5.41, 5.74) is 5.57. The van der Waals surface area contributed by atoms with E-state index in [1.807, 2.05) is 59.3 Å². The number of aryl methyl sites for hydroxylation is 1. The van der Waals surface area contributed by atoms with Crippen molar-refractivity contribution in [1.82, 2.24) is 9.78 Å². The van der Waals surface area contributed by atoms with Crippen LogP contribution < -0.4 is 10.2 Å².